The summed E-state index contributed by atoms with van der Waals surface area (Å²) in [4.78, 5) is 19.6. The van der Waals surface area contributed by atoms with Gasteiger partial charge in [0, 0.05) is 37.0 Å². The third kappa shape index (κ3) is 4.20. The Bertz CT molecular complexity index is 796. The monoisotopic (exact) mass is 380 g/mol. The molecule has 1 aromatic heterocycles. The number of hydrogen-bond donors (Lipinski definition) is 0. The van der Waals surface area contributed by atoms with Crippen LogP contribution in [0.4, 0.5) is 0 Å². The van der Waals surface area contributed by atoms with Crippen molar-refractivity contribution in [2.24, 2.45) is 5.92 Å². The SMILES string of the molecule is COc1cccnc1-c1ccc(C(=O)N(CC2CCC2)CC2CCCO2)cc1. The highest BCUT2D eigenvalue weighted by Gasteiger charge is 2.28. The molecule has 1 aliphatic carbocycles. The van der Waals surface area contributed by atoms with Crippen LogP contribution in [0.15, 0.2) is 42.6 Å². The molecule has 1 unspecified atom stereocenters. The number of rotatable bonds is 7. The summed E-state index contributed by atoms with van der Waals surface area (Å²) < 4.78 is 11.2. The molecule has 1 saturated carbocycles. The predicted octanol–water partition coefficient (Wildman–Crippen LogP) is 4.18. The maximum atomic E-state index is 13.2. The lowest BCUT2D eigenvalue weighted by atomic mass is 9.85. The summed E-state index contributed by atoms with van der Waals surface area (Å²) >= 11 is 0. The Hall–Kier alpha value is -2.40. The average molecular weight is 380 g/mol. The molecule has 5 nitrogen and oxygen atoms in total. The Morgan fingerprint density at radius 3 is 2.61 bits per heavy atom. The summed E-state index contributed by atoms with van der Waals surface area (Å²) in [6.45, 7) is 2.36. The Morgan fingerprint density at radius 1 is 1.14 bits per heavy atom. The van der Waals surface area contributed by atoms with Crippen LogP contribution in [0.1, 0.15) is 42.5 Å². The van der Waals surface area contributed by atoms with Crippen molar-refractivity contribution in [1.29, 1.82) is 0 Å². The molecule has 1 amide bonds. The van der Waals surface area contributed by atoms with Crippen LogP contribution in [0.3, 0.4) is 0 Å². The lowest BCUT2D eigenvalue weighted by molar-refractivity contribution is 0.0448. The number of amides is 1. The van der Waals surface area contributed by atoms with Gasteiger partial charge in [-0.1, -0.05) is 18.6 Å². The second kappa shape index (κ2) is 8.74. The van der Waals surface area contributed by atoms with Gasteiger partial charge < -0.3 is 14.4 Å². The summed E-state index contributed by atoms with van der Waals surface area (Å²) in [5.74, 6) is 1.47. The van der Waals surface area contributed by atoms with E-state index in [0.29, 0.717) is 12.5 Å². The summed E-state index contributed by atoms with van der Waals surface area (Å²) in [6.07, 6.45) is 7.82. The number of pyridine rings is 1. The lowest BCUT2D eigenvalue weighted by Gasteiger charge is -2.33. The van der Waals surface area contributed by atoms with E-state index in [2.05, 4.69) is 4.98 Å². The van der Waals surface area contributed by atoms with Gasteiger partial charge in [-0.3, -0.25) is 9.78 Å². The zero-order valence-corrected chi connectivity index (χ0v) is 16.5. The Kier molecular flexibility index (Phi) is 5.91. The van der Waals surface area contributed by atoms with Crippen molar-refractivity contribution in [3.05, 3.63) is 48.2 Å². The van der Waals surface area contributed by atoms with Crippen molar-refractivity contribution in [1.82, 2.24) is 9.88 Å². The fraction of sp³-hybridized carbons (Fsp3) is 0.478. The molecule has 1 atom stereocenters. The number of benzene rings is 1. The Balaban J connectivity index is 1.51. The minimum atomic E-state index is 0.0990. The van der Waals surface area contributed by atoms with Gasteiger partial charge in [0.2, 0.25) is 0 Å². The van der Waals surface area contributed by atoms with Gasteiger partial charge in [-0.25, -0.2) is 0 Å². The number of aromatic nitrogens is 1. The van der Waals surface area contributed by atoms with Gasteiger partial charge in [0.05, 0.1) is 13.2 Å². The van der Waals surface area contributed by atoms with Gasteiger partial charge >= 0.3 is 0 Å². The van der Waals surface area contributed by atoms with Crippen LogP contribution in [-0.4, -0.2) is 48.7 Å². The van der Waals surface area contributed by atoms with Crippen LogP contribution in [0.25, 0.3) is 11.3 Å². The van der Waals surface area contributed by atoms with E-state index in [0.717, 1.165) is 48.6 Å². The second-order valence-corrected chi connectivity index (χ2v) is 7.77. The van der Waals surface area contributed by atoms with Crippen molar-refractivity contribution < 1.29 is 14.3 Å². The molecule has 5 heteroatoms. The number of hydrogen-bond acceptors (Lipinski definition) is 4. The molecule has 1 aliphatic heterocycles. The van der Waals surface area contributed by atoms with Crippen molar-refractivity contribution in [3.8, 4) is 17.0 Å². The average Bonchev–Trinajstić information content (AvgIpc) is 3.22. The second-order valence-electron chi connectivity index (χ2n) is 7.77. The van der Waals surface area contributed by atoms with Crippen LogP contribution in [-0.2, 0) is 4.74 Å². The van der Waals surface area contributed by atoms with Gasteiger partial charge in [-0.05, 0) is 55.9 Å². The molecular weight excluding hydrogens is 352 g/mol. The van der Waals surface area contributed by atoms with Crippen molar-refractivity contribution in [3.63, 3.8) is 0 Å². The fourth-order valence-electron chi connectivity index (χ4n) is 3.99. The molecular formula is C23H28N2O3. The minimum Gasteiger partial charge on any atom is -0.494 e. The molecule has 2 aromatic rings. The van der Waals surface area contributed by atoms with E-state index in [9.17, 15) is 4.79 Å². The zero-order chi connectivity index (χ0) is 19.3. The van der Waals surface area contributed by atoms with E-state index in [1.165, 1.54) is 19.3 Å². The first-order valence-corrected chi connectivity index (χ1v) is 10.2. The van der Waals surface area contributed by atoms with Crippen molar-refractivity contribution in [2.45, 2.75) is 38.2 Å². The summed E-state index contributed by atoms with van der Waals surface area (Å²) in [7, 11) is 1.64. The standard InChI is InChI=1S/C23H28N2O3/c1-27-21-8-3-13-24-22(21)18-9-11-19(12-10-18)23(26)25(15-17-5-2-6-17)16-20-7-4-14-28-20/h3,8-13,17,20H,2,4-7,14-16H2,1H3. The first kappa shape index (κ1) is 18.9. The molecule has 0 bridgehead atoms. The largest absolute Gasteiger partial charge is 0.494 e. The maximum Gasteiger partial charge on any atom is 0.253 e. The van der Waals surface area contributed by atoms with Crippen molar-refractivity contribution >= 4 is 5.91 Å². The van der Waals surface area contributed by atoms with Gasteiger partial charge in [0.1, 0.15) is 11.4 Å². The number of nitrogens with zero attached hydrogens (tertiary/aromatic N) is 2. The Morgan fingerprint density at radius 2 is 1.96 bits per heavy atom. The summed E-state index contributed by atoms with van der Waals surface area (Å²) in [5, 5.41) is 0. The van der Waals surface area contributed by atoms with Gasteiger partial charge in [-0.2, -0.15) is 0 Å². The van der Waals surface area contributed by atoms with E-state index in [1.54, 1.807) is 13.3 Å². The third-order valence-electron chi connectivity index (χ3n) is 5.83. The predicted molar refractivity (Wildman–Crippen MR) is 108 cm³/mol. The highest BCUT2D eigenvalue weighted by molar-refractivity contribution is 5.94. The molecule has 4 rings (SSSR count). The molecule has 2 fully saturated rings. The van der Waals surface area contributed by atoms with E-state index < -0.39 is 0 Å². The number of methoxy groups -OCH3 is 1. The van der Waals surface area contributed by atoms with E-state index >= 15 is 0 Å². The van der Waals surface area contributed by atoms with Crippen LogP contribution in [0.2, 0.25) is 0 Å². The zero-order valence-electron chi connectivity index (χ0n) is 16.5. The normalized spacial score (nSPS) is 19.2. The molecule has 0 radical (unpaired) electrons. The highest BCUT2D eigenvalue weighted by Crippen LogP contribution is 2.30. The molecule has 148 valence electrons. The van der Waals surface area contributed by atoms with Crippen LogP contribution >= 0.6 is 0 Å². The van der Waals surface area contributed by atoms with Crippen molar-refractivity contribution in [2.75, 3.05) is 26.8 Å². The molecule has 1 aromatic carbocycles. The van der Waals surface area contributed by atoms with Crippen LogP contribution < -0.4 is 4.74 Å². The minimum absolute atomic E-state index is 0.0990. The molecule has 28 heavy (non-hydrogen) atoms. The Labute approximate surface area is 166 Å². The summed E-state index contributed by atoms with van der Waals surface area (Å²) in [6, 6.07) is 11.4. The first-order valence-electron chi connectivity index (χ1n) is 10.2. The van der Waals surface area contributed by atoms with Crippen LogP contribution in [0, 0.1) is 5.92 Å². The van der Waals surface area contributed by atoms with Gasteiger partial charge in [0.25, 0.3) is 5.91 Å². The smallest absolute Gasteiger partial charge is 0.253 e. The first-order chi connectivity index (χ1) is 13.7. The summed E-state index contributed by atoms with van der Waals surface area (Å²) in [5.41, 5.74) is 2.45. The molecule has 0 N–H and O–H groups in total. The van der Waals surface area contributed by atoms with E-state index in [4.69, 9.17) is 9.47 Å². The maximum absolute atomic E-state index is 13.2. The molecule has 2 heterocycles. The third-order valence-corrected chi connectivity index (χ3v) is 5.83. The number of ether oxygens (including phenoxy) is 2. The van der Waals surface area contributed by atoms with E-state index in [1.807, 2.05) is 41.3 Å². The van der Waals surface area contributed by atoms with Crippen LogP contribution in [0.5, 0.6) is 5.75 Å². The molecule has 1 saturated heterocycles. The highest BCUT2D eigenvalue weighted by atomic mass is 16.5. The lowest BCUT2D eigenvalue weighted by Crippen LogP contribution is -2.41. The molecule has 2 aliphatic rings. The van der Waals surface area contributed by atoms with Gasteiger partial charge in [0.15, 0.2) is 0 Å². The fourth-order valence-corrected chi connectivity index (χ4v) is 3.99. The topological polar surface area (TPSA) is 51.7 Å². The number of carbonyl (C=O) groups excluding carboxylic acids is 1. The van der Waals surface area contributed by atoms with E-state index in [-0.39, 0.29) is 12.0 Å². The van der Waals surface area contributed by atoms with Gasteiger partial charge in [-0.15, -0.1) is 0 Å². The number of carbonyl (C=O) groups is 1. The molecule has 0 spiro atoms. The quantitative estimate of drug-likeness (QED) is 0.723.